The van der Waals surface area contributed by atoms with Gasteiger partial charge in [0.2, 0.25) is 0 Å². The fourth-order valence-electron chi connectivity index (χ4n) is 2.71. The first kappa shape index (κ1) is 13.5. The largest absolute Gasteiger partial charge is 0.374 e. The van der Waals surface area contributed by atoms with Gasteiger partial charge in [-0.25, -0.2) is 0 Å². The summed E-state index contributed by atoms with van der Waals surface area (Å²) in [5.74, 6) is 0. The van der Waals surface area contributed by atoms with Crippen LogP contribution in [0.2, 0.25) is 0 Å². The highest BCUT2D eigenvalue weighted by Gasteiger charge is 2.35. The van der Waals surface area contributed by atoms with Crippen LogP contribution in [0, 0.1) is 6.92 Å². The molecule has 0 bridgehead atoms. The normalized spacial score (nSPS) is 25.9. The summed E-state index contributed by atoms with van der Waals surface area (Å²) in [7, 11) is 1.97. The second kappa shape index (κ2) is 5.38. The van der Waals surface area contributed by atoms with E-state index in [1.54, 1.807) is 0 Å². The van der Waals surface area contributed by atoms with E-state index in [1.165, 1.54) is 11.3 Å². The lowest BCUT2D eigenvalue weighted by atomic mass is 9.97. The highest BCUT2D eigenvalue weighted by atomic mass is 16.5. The Balaban J connectivity index is 2.36. The van der Waals surface area contributed by atoms with Gasteiger partial charge < -0.3 is 10.5 Å². The first-order chi connectivity index (χ1) is 8.56. The monoisotopic (exact) mass is 252 g/mol. The van der Waals surface area contributed by atoms with Crippen molar-refractivity contribution >= 4 is 0 Å². The summed E-state index contributed by atoms with van der Waals surface area (Å²) in [4.78, 5) is 2.46. The van der Waals surface area contributed by atoms with Crippen LogP contribution in [0.4, 0.5) is 0 Å². The smallest absolute Gasteiger partial charge is 0.0895 e. The minimum absolute atomic E-state index is 0.0593. The van der Waals surface area contributed by atoms with Gasteiger partial charge in [0.05, 0.1) is 24.9 Å². The maximum Gasteiger partial charge on any atom is 0.0895 e. The molecule has 0 saturated carbocycles. The second-order valence-electron chi connectivity index (χ2n) is 5.23. The molecule has 18 heavy (non-hydrogen) atoms. The Morgan fingerprint density at radius 2 is 2.28 bits per heavy atom. The van der Waals surface area contributed by atoms with Crippen molar-refractivity contribution in [3.05, 3.63) is 17.5 Å². The summed E-state index contributed by atoms with van der Waals surface area (Å²) >= 11 is 0. The number of rotatable bonds is 3. The second-order valence-corrected chi connectivity index (χ2v) is 5.23. The maximum absolute atomic E-state index is 5.87. The van der Waals surface area contributed by atoms with Crippen molar-refractivity contribution < 1.29 is 4.74 Å². The number of hydrogen-bond acceptors (Lipinski definition) is 4. The van der Waals surface area contributed by atoms with Gasteiger partial charge in [-0.2, -0.15) is 5.10 Å². The van der Waals surface area contributed by atoms with Crippen molar-refractivity contribution in [2.24, 2.45) is 12.8 Å². The van der Waals surface area contributed by atoms with Crippen LogP contribution in [0.25, 0.3) is 0 Å². The van der Waals surface area contributed by atoms with E-state index in [4.69, 9.17) is 10.5 Å². The van der Waals surface area contributed by atoms with Crippen molar-refractivity contribution in [1.82, 2.24) is 14.7 Å². The summed E-state index contributed by atoms with van der Waals surface area (Å²) < 4.78 is 7.75. The third kappa shape index (κ3) is 2.30. The predicted octanol–water partition coefficient (Wildman–Crippen LogP) is 0.838. The van der Waals surface area contributed by atoms with E-state index in [0.29, 0.717) is 12.6 Å². The predicted molar refractivity (Wildman–Crippen MR) is 71.3 cm³/mol. The van der Waals surface area contributed by atoms with Gasteiger partial charge in [-0.15, -0.1) is 0 Å². The molecule has 2 heterocycles. The summed E-state index contributed by atoms with van der Waals surface area (Å²) in [6, 6.07) is 0.699. The van der Waals surface area contributed by atoms with Crippen molar-refractivity contribution in [3.63, 3.8) is 0 Å². The van der Waals surface area contributed by atoms with Crippen LogP contribution >= 0.6 is 0 Å². The van der Waals surface area contributed by atoms with Crippen molar-refractivity contribution in [3.8, 4) is 0 Å². The lowest BCUT2D eigenvalue weighted by Crippen LogP contribution is -2.50. The van der Waals surface area contributed by atoms with Crippen LogP contribution in [-0.4, -0.2) is 46.5 Å². The molecule has 1 aromatic heterocycles. The highest BCUT2D eigenvalue weighted by Crippen LogP contribution is 2.32. The average Bonchev–Trinajstić information content (AvgIpc) is 2.69. The van der Waals surface area contributed by atoms with Gasteiger partial charge in [0.25, 0.3) is 0 Å². The van der Waals surface area contributed by atoms with Crippen LogP contribution < -0.4 is 5.73 Å². The van der Waals surface area contributed by atoms with Gasteiger partial charge in [-0.05, 0) is 20.8 Å². The molecular weight excluding hydrogens is 228 g/mol. The van der Waals surface area contributed by atoms with E-state index in [9.17, 15) is 0 Å². The molecule has 5 nitrogen and oxygen atoms in total. The number of ether oxygens (including phenoxy) is 1. The minimum atomic E-state index is 0.0593. The Morgan fingerprint density at radius 1 is 1.56 bits per heavy atom. The zero-order valence-electron chi connectivity index (χ0n) is 11.8. The zero-order chi connectivity index (χ0) is 13.3. The molecule has 1 saturated heterocycles. The SMILES string of the molecule is Cc1c(C2C(CN)OCCN2C(C)C)cnn1C. The molecule has 0 aromatic carbocycles. The van der Waals surface area contributed by atoms with Crippen LogP contribution in [0.3, 0.4) is 0 Å². The average molecular weight is 252 g/mol. The van der Waals surface area contributed by atoms with Crippen molar-refractivity contribution in [2.45, 2.75) is 39.0 Å². The Bertz CT molecular complexity index is 402. The van der Waals surface area contributed by atoms with E-state index in [2.05, 4.69) is 30.8 Å². The van der Waals surface area contributed by atoms with E-state index in [0.717, 1.165) is 13.2 Å². The Labute approximate surface area is 109 Å². The number of nitrogens with two attached hydrogens (primary N) is 1. The number of nitrogens with zero attached hydrogens (tertiary/aromatic N) is 3. The third-order valence-corrected chi connectivity index (χ3v) is 3.88. The number of aromatic nitrogens is 2. The maximum atomic E-state index is 5.87. The van der Waals surface area contributed by atoms with Gasteiger partial charge in [-0.3, -0.25) is 9.58 Å². The lowest BCUT2D eigenvalue weighted by Gasteiger charge is -2.43. The minimum Gasteiger partial charge on any atom is -0.374 e. The Morgan fingerprint density at radius 3 is 2.78 bits per heavy atom. The van der Waals surface area contributed by atoms with Gasteiger partial charge in [0.1, 0.15) is 0 Å². The van der Waals surface area contributed by atoms with Crippen molar-refractivity contribution in [2.75, 3.05) is 19.7 Å². The molecule has 5 heteroatoms. The van der Waals surface area contributed by atoms with E-state index in [-0.39, 0.29) is 12.1 Å². The first-order valence-electron chi connectivity index (χ1n) is 6.62. The lowest BCUT2D eigenvalue weighted by molar-refractivity contribution is -0.0791. The Hall–Kier alpha value is -0.910. The van der Waals surface area contributed by atoms with E-state index in [1.807, 2.05) is 17.9 Å². The quantitative estimate of drug-likeness (QED) is 0.866. The number of morpholine rings is 1. The molecule has 1 fully saturated rings. The van der Waals surface area contributed by atoms with Crippen LogP contribution in [0.15, 0.2) is 6.20 Å². The molecular formula is C13H24N4O. The molecule has 0 amide bonds. The summed E-state index contributed by atoms with van der Waals surface area (Å²) in [5, 5.41) is 4.35. The topological polar surface area (TPSA) is 56.3 Å². The van der Waals surface area contributed by atoms with E-state index >= 15 is 0 Å². The molecule has 1 aliphatic heterocycles. The van der Waals surface area contributed by atoms with Gasteiger partial charge in [-0.1, -0.05) is 0 Å². The fourth-order valence-corrected chi connectivity index (χ4v) is 2.71. The summed E-state index contributed by atoms with van der Waals surface area (Å²) in [6.07, 6.45) is 2.01. The standard InChI is InChI=1S/C13H24N4O/c1-9(2)17-5-6-18-12(7-14)13(17)11-8-15-16(4)10(11)3/h8-9,12-13H,5-7,14H2,1-4H3. The van der Waals surface area contributed by atoms with Crippen LogP contribution in [0.1, 0.15) is 31.1 Å². The molecule has 0 spiro atoms. The first-order valence-corrected chi connectivity index (χ1v) is 6.62. The zero-order valence-corrected chi connectivity index (χ0v) is 11.8. The van der Waals surface area contributed by atoms with E-state index < -0.39 is 0 Å². The molecule has 102 valence electrons. The molecule has 2 N–H and O–H groups in total. The molecule has 1 aliphatic rings. The van der Waals surface area contributed by atoms with Gasteiger partial charge >= 0.3 is 0 Å². The van der Waals surface area contributed by atoms with Gasteiger partial charge in [0, 0.05) is 37.4 Å². The summed E-state index contributed by atoms with van der Waals surface area (Å²) in [5.41, 5.74) is 8.30. The molecule has 0 aliphatic carbocycles. The van der Waals surface area contributed by atoms with Gasteiger partial charge in [0.15, 0.2) is 0 Å². The molecule has 2 unspecified atom stereocenters. The number of aryl methyl sites for hydroxylation is 1. The van der Waals surface area contributed by atoms with Crippen LogP contribution in [0.5, 0.6) is 0 Å². The van der Waals surface area contributed by atoms with Crippen molar-refractivity contribution in [1.29, 1.82) is 0 Å². The fraction of sp³-hybridized carbons (Fsp3) is 0.769. The Kier molecular flexibility index (Phi) is 4.04. The summed E-state index contributed by atoms with van der Waals surface area (Å²) in [6.45, 7) is 8.80. The highest BCUT2D eigenvalue weighted by molar-refractivity contribution is 5.23. The molecule has 0 radical (unpaired) electrons. The molecule has 2 atom stereocenters. The third-order valence-electron chi connectivity index (χ3n) is 3.88. The molecule has 1 aromatic rings. The molecule has 2 rings (SSSR count). The van der Waals surface area contributed by atoms with Crippen LogP contribution in [-0.2, 0) is 11.8 Å². The number of hydrogen-bond donors (Lipinski definition) is 1.